The van der Waals surface area contributed by atoms with E-state index in [0.29, 0.717) is 12.0 Å². The van der Waals surface area contributed by atoms with Gasteiger partial charge in [-0.2, -0.15) is 8.42 Å². The molecule has 7 heteroatoms. The van der Waals surface area contributed by atoms with Crippen molar-refractivity contribution in [3.05, 3.63) is 11.6 Å². The van der Waals surface area contributed by atoms with Gasteiger partial charge < -0.3 is 4.74 Å². The quantitative estimate of drug-likeness (QED) is 0.246. The van der Waals surface area contributed by atoms with E-state index in [1.807, 2.05) is 0 Å². The van der Waals surface area contributed by atoms with Crippen molar-refractivity contribution in [2.45, 2.75) is 32.9 Å². The second kappa shape index (κ2) is 7.50. The summed E-state index contributed by atoms with van der Waals surface area (Å²) in [6.45, 7) is 3.36. The Bertz CT molecular complexity index is 400. The first-order chi connectivity index (χ1) is 8.13. The summed E-state index contributed by atoms with van der Waals surface area (Å²) in [5.74, 6) is -0.733. The van der Waals surface area contributed by atoms with E-state index in [2.05, 4.69) is 0 Å². The Hall–Kier alpha value is -0.920. The third kappa shape index (κ3) is 8.21. The summed E-state index contributed by atoms with van der Waals surface area (Å²) in [7, 11) is -0.335. The van der Waals surface area contributed by atoms with Gasteiger partial charge in [-0.05, 0) is 40.8 Å². The predicted molar refractivity (Wildman–Crippen MR) is 68.6 cm³/mol. The fourth-order valence-electron chi connectivity index (χ4n) is 1.02. The highest BCUT2D eigenvalue weighted by molar-refractivity contribution is 7.85. The van der Waals surface area contributed by atoms with E-state index in [0.717, 1.165) is 0 Å². The van der Waals surface area contributed by atoms with E-state index in [1.165, 1.54) is 0 Å². The van der Waals surface area contributed by atoms with Gasteiger partial charge in [-0.15, -0.1) is 0 Å². The van der Waals surface area contributed by atoms with Gasteiger partial charge in [0, 0.05) is 5.57 Å². The lowest BCUT2D eigenvalue weighted by molar-refractivity contribution is -0.150. The van der Waals surface area contributed by atoms with Crippen LogP contribution in [0.3, 0.4) is 0 Å². The number of esters is 1. The van der Waals surface area contributed by atoms with Gasteiger partial charge in [-0.25, -0.2) is 4.79 Å². The Morgan fingerprint density at radius 1 is 1.44 bits per heavy atom. The summed E-state index contributed by atoms with van der Waals surface area (Å²) in [4.78, 5) is 13.3. The van der Waals surface area contributed by atoms with E-state index >= 15 is 0 Å². The van der Waals surface area contributed by atoms with Gasteiger partial charge >= 0.3 is 5.97 Å². The molecule has 0 bridgehead atoms. The number of nitrogens with zero attached hydrogens (tertiary/aromatic N) is 1. The Morgan fingerprint density at radius 2 is 2.00 bits per heavy atom. The number of carbonyl (C=O) groups is 1. The van der Waals surface area contributed by atoms with Gasteiger partial charge in [0.25, 0.3) is 10.1 Å². The van der Waals surface area contributed by atoms with Crippen LogP contribution in [0.25, 0.3) is 0 Å². The van der Waals surface area contributed by atoms with Crippen molar-refractivity contribution >= 4 is 16.1 Å². The van der Waals surface area contributed by atoms with Crippen LogP contribution in [0.1, 0.15) is 26.7 Å². The van der Waals surface area contributed by atoms with E-state index in [9.17, 15) is 13.2 Å². The number of hydrogen-bond acceptors (Lipinski definition) is 5. The minimum Gasteiger partial charge on any atom is -0.443 e. The maximum absolute atomic E-state index is 11.6. The molecule has 0 aromatic heterocycles. The molecule has 1 N–H and O–H groups in total. The molecule has 0 amide bonds. The molecule has 0 aliphatic carbocycles. The number of hydrogen-bond donors (Lipinski definition) is 1. The molecule has 0 aromatic carbocycles. The number of unbranched alkanes of at least 4 members (excludes halogenated alkanes) is 1. The first kappa shape index (κ1) is 17.1. The lowest BCUT2D eigenvalue weighted by Gasteiger charge is -2.19. The fourth-order valence-corrected chi connectivity index (χ4v) is 1.55. The summed E-state index contributed by atoms with van der Waals surface area (Å²) in [6, 6.07) is 0. The molecule has 1 unspecified atom stereocenters. The van der Waals surface area contributed by atoms with Crippen molar-refractivity contribution in [3.8, 4) is 0 Å². The number of allylic oxidation sites excluding steroid dienone is 1. The van der Waals surface area contributed by atoms with Crippen molar-refractivity contribution in [3.63, 3.8) is 0 Å². The third-order valence-electron chi connectivity index (χ3n) is 2.38. The van der Waals surface area contributed by atoms with E-state index in [1.54, 1.807) is 38.9 Å². The first-order valence-corrected chi connectivity index (χ1v) is 7.23. The van der Waals surface area contributed by atoms with Crippen molar-refractivity contribution in [2.24, 2.45) is 0 Å². The van der Waals surface area contributed by atoms with Crippen molar-refractivity contribution < 1.29 is 22.5 Å². The highest BCUT2D eigenvalue weighted by atomic mass is 32.2. The summed E-state index contributed by atoms with van der Waals surface area (Å²) < 4.78 is 34.6. The largest absolute Gasteiger partial charge is 0.443 e. The maximum Gasteiger partial charge on any atom is 0.334 e. The van der Waals surface area contributed by atoms with Crippen LogP contribution in [0.4, 0.5) is 0 Å². The highest BCUT2D eigenvalue weighted by Gasteiger charge is 2.12. The van der Waals surface area contributed by atoms with Gasteiger partial charge in [-0.1, -0.05) is 6.08 Å². The van der Waals surface area contributed by atoms with Gasteiger partial charge in [0.15, 0.2) is 6.23 Å². The Morgan fingerprint density at radius 3 is 2.44 bits per heavy atom. The van der Waals surface area contributed by atoms with Gasteiger partial charge in [0.2, 0.25) is 0 Å². The lowest BCUT2D eigenvalue weighted by atomic mass is 10.2. The molecule has 6 nitrogen and oxygen atoms in total. The average molecular weight is 279 g/mol. The van der Waals surface area contributed by atoms with Crippen molar-refractivity contribution in [2.75, 3.05) is 19.8 Å². The molecule has 0 heterocycles. The molecule has 0 saturated heterocycles. The zero-order valence-corrected chi connectivity index (χ0v) is 12.0. The van der Waals surface area contributed by atoms with Gasteiger partial charge in [0.05, 0.1) is 5.75 Å². The van der Waals surface area contributed by atoms with E-state index in [-0.39, 0.29) is 18.4 Å². The minimum atomic E-state index is -3.92. The van der Waals surface area contributed by atoms with Gasteiger partial charge in [-0.3, -0.25) is 9.45 Å². The monoisotopic (exact) mass is 279 g/mol. The summed E-state index contributed by atoms with van der Waals surface area (Å²) >= 11 is 0. The summed E-state index contributed by atoms with van der Waals surface area (Å²) in [5, 5.41) is 0. The summed E-state index contributed by atoms with van der Waals surface area (Å²) in [6.07, 6.45) is 1.96. The molecule has 0 spiro atoms. The molecule has 106 valence electrons. The van der Waals surface area contributed by atoms with Crippen LogP contribution >= 0.6 is 0 Å². The van der Waals surface area contributed by atoms with Crippen LogP contribution in [-0.2, 0) is 19.6 Å². The number of rotatable bonds is 7. The number of ether oxygens (including phenoxy) is 1. The Kier molecular flexibility index (Phi) is 7.12. The van der Waals surface area contributed by atoms with Crippen LogP contribution in [-0.4, -0.2) is 49.9 Å². The zero-order valence-electron chi connectivity index (χ0n) is 11.2. The van der Waals surface area contributed by atoms with Crippen LogP contribution in [0.5, 0.6) is 0 Å². The molecule has 0 radical (unpaired) electrons. The molecule has 18 heavy (non-hydrogen) atoms. The normalized spacial score (nSPS) is 14.7. The van der Waals surface area contributed by atoms with Crippen LogP contribution in [0, 0.1) is 0 Å². The molecule has 0 aromatic rings. The van der Waals surface area contributed by atoms with Crippen molar-refractivity contribution in [1.29, 1.82) is 0 Å². The van der Waals surface area contributed by atoms with Gasteiger partial charge in [0.1, 0.15) is 0 Å². The molecule has 0 aliphatic heterocycles. The highest BCUT2D eigenvalue weighted by Crippen LogP contribution is 2.05. The molecular formula is C11H21NO5S. The molecule has 0 fully saturated rings. The molecular weight excluding hydrogens is 258 g/mol. The van der Waals surface area contributed by atoms with Crippen molar-refractivity contribution in [1.82, 2.24) is 4.90 Å². The Labute approximate surface area is 108 Å². The number of carbonyl (C=O) groups excluding carboxylic acids is 1. The van der Waals surface area contributed by atoms with Crippen LogP contribution in [0.2, 0.25) is 0 Å². The fraction of sp³-hybridized carbons (Fsp3) is 0.727. The third-order valence-corrected chi connectivity index (χ3v) is 3.19. The predicted octanol–water partition coefficient (Wildman–Crippen LogP) is 1.05. The van der Waals surface area contributed by atoms with Crippen LogP contribution in [0.15, 0.2) is 11.6 Å². The topological polar surface area (TPSA) is 83.9 Å². The van der Waals surface area contributed by atoms with E-state index < -0.39 is 16.1 Å². The standard InChI is InChI=1S/C11H21NO5S/c1-9(7-5-6-8-18(14,15)16)11(13)17-10(2)12(3)4/h7,10H,5-6,8H2,1-4H3,(H,14,15,16)/b9-7+. The SMILES string of the molecule is C/C(=C\CCCS(=O)(=O)O)C(=O)OC(C)N(C)C. The van der Waals surface area contributed by atoms with Crippen LogP contribution < -0.4 is 0 Å². The average Bonchev–Trinajstić information content (AvgIpc) is 2.22. The second-order valence-electron chi connectivity index (χ2n) is 4.28. The molecule has 0 aliphatic rings. The Balaban J connectivity index is 4.14. The molecule has 1 atom stereocenters. The lowest BCUT2D eigenvalue weighted by Crippen LogP contribution is -2.30. The minimum absolute atomic E-state index is 0.271. The zero-order chi connectivity index (χ0) is 14.3. The molecule has 0 saturated carbocycles. The summed E-state index contributed by atoms with van der Waals surface area (Å²) in [5.41, 5.74) is 0.430. The maximum atomic E-state index is 11.6. The smallest absolute Gasteiger partial charge is 0.334 e. The first-order valence-electron chi connectivity index (χ1n) is 5.63. The second-order valence-corrected chi connectivity index (χ2v) is 5.86. The molecule has 0 rings (SSSR count). The van der Waals surface area contributed by atoms with E-state index in [4.69, 9.17) is 9.29 Å².